The highest BCUT2D eigenvalue weighted by Gasteiger charge is 2.10. The monoisotopic (exact) mass is 509 g/mol. The highest BCUT2D eigenvalue weighted by molar-refractivity contribution is 5.85. The molecule has 0 aliphatic heterocycles. The van der Waals surface area contributed by atoms with Crippen LogP contribution in [0.2, 0.25) is 0 Å². The van der Waals surface area contributed by atoms with E-state index in [4.69, 9.17) is 9.47 Å². The molecular weight excluding hydrogens is 477 g/mol. The van der Waals surface area contributed by atoms with Crippen LogP contribution in [0, 0.1) is 0 Å². The Labute approximate surface area is 213 Å². The summed E-state index contributed by atoms with van der Waals surface area (Å²) < 4.78 is 11.2. The first-order valence-corrected chi connectivity index (χ1v) is 10.6. The number of ether oxygens (including phenoxy) is 2. The summed E-state index contributed by atoms with van der Waals surface area (Å²) in [4.78, 5) is 11.0. The Bertz CT molecular complexity index is 963. The fraction of sp³-hybridized carbons (Fsp3) is 0.333. The van der Waals surface area contributed by atoms with Gasteiger partial charge in [0, 0.05) is 36.3 Å². The standard InChI is InChI=1S/C24H31N5O3.2ClH/c1-4-31-16-18-14-25-24(28-23(18)26-19-8-6-5-7-9-19)27-20-10-12-22(13-11-20)32-17-21(30)15-29(2)3;;/h5-14,21,30H,4,15-17H2,1-3H3,(H2,25,26,27,28);2*1H. The average molecular weight is 510 g/mol. The highest BCUT2D eigenvalue weighted by atomic mass is 35.5. The predicted octanol–water partition coefficient (Wildman–Crippen LogP) is 4.65. The van der Waals surface area contributed by atoms with Crippen LogP contribution >= 0.6 is 24.8 Å². The molecule has 0 radical (unpaired) electrons. The van der Waals surface area contributed by atoms with E-state index in [1.807, 2.05) is 80.5 Å². The number of likely N-dealkylation sites (N-methyl/N-ethyl adjacent to an activating group) is 1. The molecule has 0 amide bonds. The van der Waals surface area contributed by atoms with Crippen LogP contribution in [-0.4, -0.2) is 59.9 Å². The zero-order valence-electron chi connectivity index (χ0n) is 19.6. The minimum absolute atomic E-state index is 0. The molecule has 1 unspecified atom stereocenters. The molecule has 0 saturated carbocycles. The number of nitrogens with one attached hydrogen (secondary N) is 2. The Kier molecular flexibility index (Phi) is 13.2. The second-order valence-electron chi connectivity index (χ2n) is 7.57. The Morgan fingerprint density at radius 1 is 0.971 bits per heavy atom. The third-order valence-electron chi connectivity index (χ3n) is 4.49. The Morgan fingerprint density at radius 3 is 2.29 bits per heavy atom. The molecule has 0 aliphatic carbocycles. The molecule has 0 saturated heterocycles. The molecule has 3 N–H and O–H groups in total. The normalized spacial score (nSPS) is 11.2. The van der Waals surface area contributed by atoms with Crippen LogP contribution in [0.3, 0.4) is 0 Å². The molecule has 3 rings (SSSR count). The van der Waals surface area contributed by atoms with E-state index in [0.717, 1.165) is 16.9 Å². The fourth-order valence-electron chi connectivity index (χ4n) is 2.98. The van der Waals surface area contributed by atoms with Crippen LogP contribution in [0.5, 0.6) is 5.75 Å². The average Bonchev–Trinajstić information content (AvgIpc) is 2.78. The van der Waals surface area contributed by atoms with Gasteiger partial charge in [-0.25, -0.2) is 4.98 Å². The number of hydrogen-bond acceptors (Lipinski definition) is 8. The highest BCUT2D eigenvalue weighted by Crippen LogP contribution is 2.23. The second kappa shape index (κ2) is 15.3. The van der Waals surface area contributed by atoms with Crippen molar-refractivity contribution in [2.45, 2.75) is 19.6 Å². The molecule has 2 aromatic carbocycles. The van der Waals surface area contributed by atoms with E-state index in [9.17, 15) is 5.11 Å². The molecule has 3 aromatic rings. The number of benzene rings is 2. The van der Waals surface area contributed by atoms with E-state index in [0.29, 0.717) is 37.3 Å². The van der Waals surface area contributed by atoms with Crippen molar-refractivity contribution in [2.24, 2.45) is 0 Å². The number of nitrogens with zero attached hydrogens (tertiary/aromatic N) is 3. The molecule has 0 fully saturated rings. The third-order valence-corrected chi connectivity index (χ3v) is 4.49. The van der Waals surface area contributed by atoms with Gasteiger partial charge in [-0.15, -0.1) is 24.8 Å². The van der Waals surface area contributed by atoms with Crippen LogP contribution in [0.1, 0.15) is 12.5 Å². The van der Waals surface area contributed by atoms with Crippen molar-refractivity contribution < 1.29 is 14.6 Å². The number of aliphatic hydroxyl groups excluding tert-OH is 1. The third kappa shape index (κ3) is 9.70. The number of para-hydroxylation sites is 1. The summed E-state index contributed by atoms with van der Waals surface area (Å²) in [5, 5.41) is 16.5. The van der Waals surface area contributed by atoms with E-state index < -0.39 is 6.10 Å². The van der Waals surface area contributed by atoms with Crippen LogP contribution in [0.15, 0.2) is 60.8 Å². The molecule has 1 heterocycles. The predicted molar refractivity (Wildman–Crippen MR) is 141 cm³/mol. The van der Waals surface area contributed by atoms with E-state index in [-0.39, 0.29) is 31.4 Å². The maximum atomic E-state index is 9.93. The molecular formula is C24H33Cl2N5O3. The number of aliphatic hydroxyl groups is 1. The summed E-state index contributed by atoms with van der Waals surface area (Å²) in [5.41, 5.74) is 2.64. The van der Waals surface area contributed by atoms with Gasteiger partial charge in [-0.2, -0.15) is 4.98 Å². The first-order valence-electron chi connectivity index (χ1n) is 10.6. The topological polar surface area (TPSA) is 91.8 Å². The molecule has 1 aromatic heterocycles. The lowest BCUT2D eigenvalue weighted by atomic mass is 10.3. The lowest BCUT2D eigenvalue weighted by Gasteiger charge is -2.16. The quantitative estimate of drug-likeness (QED) is 0.325. The van der Waals surface area contributed by atoms with Gasteiger partial charge in [-0.05, 0) is 57.4 Å². The molecule has 10 heteroatoms. The van der Waals surface area contributed by atoms with Crippen LogP contribution in [-0.2, 0) is 11.3 Å². The van der Waals surface area contributed by atoms with E-state index in [1.165, 1.54) is 0 Å². The first-order chi connectivity index (χ1) is 15.5. The molecule has 34 heavy (non-hydrogen) atoms. The summed E-state index contributed by atoms with van der Waals surface area (Å²) in [6, 6.07) is 17.3. The van der Waals surface area contributed by atoms with Crippen molar-refractivity contribution in [2.75, 3.05) is 44.5 Å². The maximum Gasteiger partial charge on any atom is 0.229 e. The zero-order chi connectivity index (χ0) is 22.8. The number of aromatic nitrogens is 2. The van der Waals surface area contributed by atoms with Gasteiger partial charge in [0.05, 0.1) is 6.61 Å². The summed E-state index contributed by atoms with van der Waals surface area (Å²) in [6.45, 7) is 3.79. The summed E-state index contributed by atoms with van der Waals surface area (Å²) >= 11 is 0. The molecule has 0 aliphatic rings. The van der Waals surface area contributed by atoms with Gasteiger partial charge in [0.1, 0.15) is 24.3 Å². The van der Waals surface area contributed by atoms with Gasteiger partial charge in [-0.3, -0.25) is 0 Å². The SMILES string of the molecule is CCOCc1cnc(Nc2ccc(OCC(O)CN(C)C)cc2)nc1Nc1ccccc1.Cl.Cl. The maximum absolute atomic E-state index is 9.93. The van der Waals surface area contributed by atoms with Crippen molar-refractivity contribution in [3.8, 4) is 5.75 Å². The first kappa shape index (κ1) is 29.4. The van der Waals surface area contributed by atoms with E-state index in [1.54, 1.807) is 6.20 Å². The lowest BCUT2D eigenvalue weighted by molar-refractivity contribution is 0.0831. The van der Waals surface area contributed by atoms with Gasteiger partial charge in [0.15, 0.2) is 0 Å². The second-order valence-corrected chi connectivity index (χ2v) is 7.57. The zero-order valence-corrected chi connectivity index (χ0v) is 21.2. The van der Waals surface area contributed by atoms with Crippen LogP contribution in [0.4, 0.5) is 23.1 Å². The molecule has 1 atom stereocenters. The largest absolute Gasteiger partial charge is 0.491 e. The van der Waals surface area contributed by atoms with Gasteiger partial charge in [0.25, 0.3) is 0 Å². The Hall–Kier alpha value is -2.62. The summed E-state index contributed by atoms with van der Waals surface area (Å²) in [7, 11) is 3.83. The fourth-order valence-corrected chi connectivity index (χ4v) is 2.98. The Balaban J connectivity index is 0.00000289. The molecule has 0 spiro atoms. The van der Waals surface area contributed by atoms with Gasteiger partial charge in [-0.1, -0.05) is 18.2 Å². The smallest absolute Gasteiger partial charge is 0.229 e. The van der Waals surface area contributed by atoms with Crippen molar-refractivity contribution in [3.63, 3.8) is 0 Å². The van der Waals surface area contributed by atoms with Crippen molar-refractivity contribution in [1.82, 2.24) is 14.9 Å². The Morgan fingerprint density at radius 2 is 1.65 bits per heavy atom. The van der Waals surface area contributed by atoms with Crippen molar-refractivity contribution in [3.05, 3.63) is 66.4 Å². The van der Waals surface area contributed by atoms with Gasteiger partial charge in [0.2, 0.25) is 5.95 Å². The minimum Gasteiger partial charge on any atom is -0.491 e. The molecule has 0 bridgehead atoms. The van der Waals surface area contributed by atoms with E-state index in [2.05, 4.69) is 20.6 Å². The summed E-state index contributed by atoms with van der Waals surface area (Å²) in [5.74, 6) is 1.85. The van der Waals surface area contributed by atoms with Crippen LogP contribution < -0.4 is 15.4 Å². The number of anilines is 4. The minimum atomic E-state index is -0.540. The number of rotatable bonds is 12. The molecule has 8 nitrogen and oxygen atoms in total. The van der Waals surface area contributed by atoms with Crippen molar-refractivity contribution in [1.29, 1.82) is 0 Å². The van der Waals surface area contributed by atoms with Gasteiger partial charge >= 0.3 is 0 Å². The molecule has 186 valence electrons. The van der Waals surface area contributed by atoms with Crippen LogP contribution in [0.25, 0.3) is 0 Å². The van der Waals surface area contributed by atoms with Crippen molar-refractivity contribution >= 4 is 48.0 Å². The summed E-state index contributed by atoms with van der Waals surface area (Å²) in [6.07, 6.45) is 1.22. The number of hydrogen-bond donors (Lipinski definition) is 3. The number of halogens is 2. The van der Waals surface area contributed by atoms with E-state index >= 15 is 0 Å². The van der Waals surface area contributed by atoms with Gasteiger partial charge < -0.3 is 30.1 Å². The lowest BCUT2D eigenvalue weighted by Crippen LogP contribution is -2.30.